The second kappa shape index (κ2) is 6.01. The molecule has 5 heteroatoms. The largest absolute Gasteiger partial charge is 0.468 e. The number of hydrogen-bond acceptors (Lipinski definition) is 5. The molecule has 0 bridgehead atoms. The Hall–Kier alpha value is -0.940. The number of carbonyl (C=O) groups is 1. The van der Waals surface area contributed by atoms with Crippen molar-refractivity contribution in [2.45, 2.75) is 37.1 Å². The standard InChI is InChI=1S/C14H21NO3S/c1-4-15-14(11-5-6-11,13(16)17-3)9-19-12-7-8-18-10(12)2/h7-8,11,15H,4-6,9H2,1-3H3. The summed E-state index contributed by atoms with van der Waals surface area (Å²) in [6.07, 6.45) is 3.86. The molecule has 1 N–H and O–H groups in total. The lowest BCUT2D eigenvalue weighted by Gasteiger charge is -2.31. The van der Waals surface area contributed by atoms with Crippen molar-refractivity contribution in [1.29, 1.82) is 0 Å². The molecule has 0 aromatic carbocycles. The molecule has 0 amide bonds. The Morgan fingerprint density at radius 3 is 2.84 bits per heavy atom. The van der Waals surface area contributed by atoms with E-state index in [1.807, 2.05) is 19.9 Å². The molecule has 1 saturated carbocycles. The summed E-state index contributed by atoms with van der Waals surface area (Å²) in [5, 5.41) is 3.36. The first-order chi connectivity index (χ1) is 9.14. The third-order valence-electron chi connectivity index (χ3n) is 3.58. The number of esters is 1. The van der Waals surface area contributed by atoms with Crippen molar-refractivity contribution in [2.75, 3.05) is 19.4 Å². The van der Waals surface area contributed by atoms with Gasteiger partial charge in [-0.05, 0) is 38.3 Å². The van der Waals surface area contributed by atoms with Crippen LogP contribution in [-0.4, -0.2) is 30.9 Å². The van der Waals surface area contributed by atoms with Gasteiger partial charge in [0.1, 0.15) is 11.3 Å². The molecule has 0 saturated heterocycles. The predicted octanol–water partition coefficient (Wildman–Crippen LogP) is 2.61. The van der Waals surface area contributed by atoms with Crippen molar-refractivity contribution < 1.29 is 13.9 Å². The van der Waals surface area contributed by atoms with Crippen LogP contribution in [0.25, 0.3) is 0 Å². The van der Waals surface area contributed by atoms with Gasteiger partial charge in [-0.15, -0.1) is 11.8 Å². The van der Waals surface area contributed by atoms with Crippen LogP contribution in [0.5, 0.6) is 0 Å². The molecule has 1 aliphatic carbocycles. The van der Waals surface area contributed by atoms with Crippen LogP contribution in [0.15, 0.2) is 21.6 Å². The maximum Gasteiger partial charge on any atom is 0.327 e. The summed E-state index contributed by atoms with van der Waals surface area (Å²) in [6.45, 7) is 4.72. The zero-order valence-electron chi connectivity index (χ0n) is 11.7. The highest BCUT2D eigenvalue weighted by molar-refractivity contribution is 7.99. The number of aryl methyl sites for hydroxylation is 1. The van der Waals surface area contributed by atoms with Crippen LogP contribution in [0.2, 0.25) is 0 Å². The van der Waals surface area contributed by atoms with Crippen LogP contribution in [0.1, 0.15) is 25.5 Å². The first-order valence-electron chi connectivity index (χ1n) is 6.64. The number of rotatable bonds is 7. The molecule has 1 aromatic heterocycles. The summed E-state index contributed by atoms with van der Waals surface area (Å²) in [6, 6.07) is 1.95. The predicted molar refractivity (Wildman–Crippen MR) is 75.3 cm³/mol. The average molecular weight is 283 g/mol. The van der Waals surface area contributed by atoms with Gasteiger partial charge in [0.15, 0.2) is 0 Å². The number of nitrogens with one attached hydrogen (secondary N) is 1. The zero-order valence-corrected chi connectivity index (χ0v) is 12.5. The van der Waals surface area contributed by atoms with Gasteiger partial charge in [-0.1, -0.05) is 6.92 Å². The minimum Gasteiger partial charge on any atom is -0.468 e. The van der Waals surface area contributed by atoms with Gasteiger partial charge in [-0.25, -0.2) is 0 Å². The number of ether oxygens (including phenoxy) is 1. The molecule has 1 heterocycles. The summed E-state index contributed by atoms with van der Waals surface area (Å²) in [5.74, 6) is 1.82. The molecule has 1 fully saturated rings. The van der Waals surface area contributed by atoms with Crippen LogP contribution in [0.3, 0.4) is 0 Å². The quantitative estimate of drug-likeness (QED) is 0.616. The molecule has 1 aliphatic rings. The Bertz CT molecular complexity index is 442. The van der Waals surface area contributed by atoms with E-state index >= 15 is 0 Å². The minimum atomic E-state index is -0.558. The van der Waals surface area contributed by atoms with E-state index < -0.39 is 5.54 Å². The Balaban J connectivity index is 2.12. The normalized spacial score (nSPS) is 18.1. The molecular weight excluding hydrogens is 262 g/mol. The van der Waals surface area contributed by atoms with E-state index in [9.17, 15) is 4.79 Å². The number of likely N-dealkylation sites (N-methyl/N-ethyl adjacent to an activating group) is 1. The van der Waals surface area contributed by atoms with Crippen molar-refractivity contribution in [2.24, 2.45) is 5.92 Å². The van der Waals surface area contributed by atoms with Crippen molar-refractivity contribution >= 4 is 17.7 Å². The van der Waals surface area contributed by atoms with Crippen molar-refractivity contribution in [3.05, 3.63) is 18.1 Å². The first-order valence-corrected chi connectivity index (χ1v) is 7.63. The molecule has 0 aliphatic heterocycles. The molecule has 0 spiro atoms. The van der Waals surface area contributed by atoms with Gasteiger partial charge >= 0.3 is 5.97 Å². The molecule has 2 rings (SSSR count). The lowest BCUT2D eigenvalue weighted by atomic mass is 9.95. The third kappa shape index (κ3) is 2.98. The van der Waals surface area contributed by atoms with Crippen molar-refractivity contribution in [3.8, 4) is 0 Å². The molecule has 1 unspecified atom stereocenters. The zero-order chi connectivity index (χ0) is 13.9. The van der Waals surface area contributed by atoms with Crippen molar-refractivity contribution in [3.63, 3.8) is 0 Å². The van der Waals surface area contributed by atoms with Crippen LogP contribution in [0, 0.1) is 12.8 Å². The first kappa shape index (κ1) is 14.5. The van der Waals surface area contributed by atoms with E-state index in [-0.39, 0.29) is 5.97 Å². The van der Waals surface area contributed by atoms with Crippen LogP contribution in [0.4, 0.5) is 0 Å². The Morgan fingerprint density at radius 2 is 2.37 bits per heavy atom. The van der Waals surface area contributed by atoms with Gasteiger partial charge in [0, 0.05) is 10.6 Å². The topological polar surface area (TPSA) is 51.5 Å². The fourth-order valence-electron chi connectivity index (χ4n) is 2.40. The van der Waals surface area contributed by atoms with E-state index in [0.29, 0.717) is 11.7 Å². The molecule has 19 heavy (non-hydrogen) atoms. The van der Waals surface area contributed by atoms with Crippen molar-refractivity contribution in [1.82, 2.24) is 5.32 Å². The fourth-order valence-corrected chi connectivity index (χ4v) is 3.64. The number of hydrogen-bond donors (Lipinski definition) is 1. The highest BCUT2D eigenvalue weighted by atomic mass is 32.2. The Morgan fingerprint density at radius 1 is 1.63 bits per heavy atom. The number of carbonyl (C=O) groups excluding carboxylic acids is 1. The molecular formula is C14H21NO3S. The lowest BCUT2D eigenvalue weighted by Crippen LogP contribution is -2.56. The average Bonchev–Trinajstić information content (AvgIpc) is 3.18. The highest BCUT2D eigenvalue weighted by Crippen LogP contribution is 2.43. The lowest BCUT2D eigenvalue weighted by molar-refractivity contribution is -0.148. The number of methoxy groups -OCH3 is 1. The molecule has 4 nitrogen and oxygen atoms in total. The maximum absolute atomic E-state index is 12.2. The van der Waals surface area contributed by atoms with E-state index in [0.717, 1.165) is 30.0 Å². The van der Waals surface area contributed by atoms with Crippen LogP contribution in [-0.2, 0) is 9.53 Å². The van der Waals surface area contributed by atoms with Gasteiger partial charge in [-0.2, -0.15) is 0 Å². The van der Waals surface area contributed by atoms with E-state index in [1.54, 1.807) is 18.0 Å². The van der Waals surface area contributed by atoms with Gasteiger partial charge in [0.05, 0.1) is 13.4 Å². The monoisotopic (exact) mass is 283 g/mol. The second-order valence-corrected chi connectivity index (χ2v) is 5.91. The minimum absolute atomic E-state index is 0.148. The summed E-state index contributed by atoms with van der Waals surface area (Å²) in [7, 11) is 1.46. The molecule has 1 atom stereocenters. The van der Waals surface area contributed by atoms with Gasteiger partial charge in [-0.3, -0.25) is 4.79 Å². The van der Waals surface area contributed by atoms with E-state index in [1.165, 1.54) is 7.11 Å². The summed E-state index contributed by atoms with van der Waals surface area (Å²) < 4.78 is 10.3. The summed E-state index contributed by atoms with van der Waals surface area (Å²) in [5.41, 5.74) is -0.558. The van der Waals surface area contributed by atoms with Crippen LogP contribution < -0.4 is 5.32 Å². The fraction of sp³-hybridized carbons (Fsp3) is 0.643. The van der Waals surface area contributed by atoms with Gasteiger partial charge in [0.25, 0.3) is 0 Å². The maximum atomic E-state index is 12.2. The summed E-state index contributed by atoms with van der Waals surface area (Å²) in [4.78, 5) is 13.3. The van der Waals surface area contributed by atoms with Gasteiger partial charge < -0.3 is 14.5 Å². The molecule has 0 radical (unpaired) electrons. The van der Waals surface area contributed by atoms with E-state index in [4.69, 9.17) is 9.15 Å². The Kier molecular flexibility index (Phi) is 4.58. The van der Waals surface area contributed by atoms with Gasteiger partial charge in [0.2, 0.25) is 0 Å². The number of furan rings is 1. The van der Waals surface area contributed by atoms with E-state index in [2.05, 4.69) is 5.32 Å². The Labute approximate surface area is 118 Å². The number of thioether (sulfide) groups is 1. The summed E-state index contributed by atoms with van der Waals surface area (Å²) >= 11 is 1.66. The molecule has 1 aromatic rings. The third-order valence-corrected chi connectivity index (χ3v) is 4.92. The SMILES string of the molecule is CCNC(CSc1ccoc1C)(C(=O)OC)C1CC1. The molecule has 106 valence electrons. The second-order valence-electron chi connectivity index (χ2n) is 4.90. The highest BCUT2D eigenvalue weighted by Gasteiger charge is 2.51. The van der Waals surface area contributed by atoms with Crippen LogP contribution >= 0.6 is 11.8 Å². The smallest absolute Gasteiger partial charge is 0.327 e.